The van der Waals surface area contributed by atoms with E-state index in [1.54, 1.807) is 0 Å². The van der Waals surface area contributed by atoms with Crippen molar-refractivity contribution in [3.63, 3.8) is 0 Å². The van der Waals surface area contributed by atoms with Crippen LogP contribution in [0, 0.1) is 0 Å². The highest BCUT2D eigenvalue weighted by atomic mass is 16.4. The third-order valence-corrected chi connectivity index (χ3v) is 2.71. The Morgan fingerprint density at radius 1 is 1.07 bits per heavy atom. The van der Waals surface area contributed by atoms with Gasteiger partial charge in [0.15, 0.2) is 0 Å². The molecular formula is C11H25NO2. The van der Waals surface area contributed by atoms with Gasteiger partial charge in [0.05, 0.1) is 26.2 Å². The van der Waals surface area contributed by atoms with Gasteiger partial charge in [0.2, 0.25) is 0 Å². The molecule has 3 heteroatoms. The van der Waals surface area contributed by atoms with Gasteiger partial charge in [-0.05, 0) is 34.1 Å². The standard InChI is InChI=1S/C9H22N.C2H4O2/c1-5-9-10(6-2,7-3)8-4;1-2(3)4/h5-9H2,1-4H3;1H3,(H,3,4)/q+1;/p-1. The lowest BCUT2D eigenvalue weighted by atomic mass is 10.3. The third-order valence-electron chi connectivity index (χ3n) is 2.71. The number of hydrogen-bond acceptors (Lipinski definition) is 2. The van der Waals surface area contributed by atoms with Crippen molar-refractivity contribution in [2.24, 2.45) is 0 Å². The van der Waals surface area contributed by atoms with Gasteiger partial charge in [-0.15, -0.1) is 0 Å². The maximum absolute atomic E-state index is 8.89. The Hall–Kier alpha value is -0.570. The van der Waals surface area contributed by atoms with E-state index >= 15 is 0 Å². The second-order valence-corrected chi connectivity index (χ2v) is 3.51. The molecule has 0 aliphatic rings. The van der Waals surface area contributed by atoms with E-state index in [2.05, 4.69) is 27.7 Å². The smallest absolute Gasteiger partial charge is 0.0783 e. The topological polar surface area (TPSA) is 40.1 Å². The van der Waals surface area contributed by atoms with Crippen molar-refractivity contribution in [1.29, 1.82) is 0 Å². The van der Waals surface area contributed by atoms with E-state index in [0.29, 0.717) is 0 Å². The first-order valence-electron chi connectivity index (χ1n) is 5.50. The van der Waals surface area contributed by atoms with Crippen molar-refractivity contribution < 1.29 is 14.4 Å². The summed E-state index contributed by atoms with van der Waals surface area (Å²) < 4.78 is 1.30. The van der Waals surface area contributed by atoms with Gasteiger partial charge in [-0.25, -0.2) is 0 Å². The first kappa shape index (κ1) is 15.9. The van der Waals surface area contributed by atoms with E-state index in [9.17, 15) is 0 Å². The minimum atomic E-state index is -1.08. The minimum absolute atomic E-state index is 0.972. The van der Waals surface area contributed by atoms with Crippen LogP contribution in [0.4, 0.5) is 0 Å². The Balaban J connectivity index is 0. The van der Waals surface area contributed by atoms with E-state index in [4.69, 9.17) is 9.90 Å². The number of carboxylic acids is 1. The molecule has 14 heavy (non-hydrogen) atoms. The summed E-state index contributed by atoms with van der Waals surface area (Å²) in [6.07, 6.45) is 1.32. The number of carbonyl (C=O) groups is 1. The molecule has 0 radical (unpaired) electrons. The van der Waals surface area contributed by atoms with Crippen LogP contribution in [0.3, 0.4) is 0 Å². The Labute approximate surface area is 88.3 Å². The molecule has 0 aliphatic carbocycles. The molecule has 0 saturated carbocycles. The van der Waals surface area contributed by atoms with Crippen LogP contribution < -0.4 is 5.11 Å². The van der Waals surface area contributed by atoms with Crippen molar-refractivity contribution in [1.82, 2.24) is 0 Å². The maximum Gasteiger partial charge on any atom is 0.0783 e. The molecule has 0 atom stereocenters. The zero-order chi connectivity index (χ0) is 11.6. The van der Waals surface area contributed by atoms with Crippen molar-refractivity contribution in [2.45, 2.75) is 41.0 Å². The summed E-state index contributed by atoms with van der Waals surface area (Å²) in [5.74, 6) is -1.08. The van der Waals surface area contributed by atoms with Crippen molar-refractivity contribution in [3.8, 4) is 0 Å². The highest BCUT2D eigenvalue weighted by Crippen LogP contribution is 2.06. The van der Waals surface area contributed by atoms with Crippen LogP contribution in [-0.2, 0) is 4.79 Å². The second-order valence-electron chi connectivity index (χ2n) is 3.51. The highest BCUT2D eigenvalue weighted by Gasteiger charge is 2.17. The van der Waals surface area contributed by atoms with E-state index in [0.717, 1.165) is 6.92 Å². The van der Waals surface area contributed by atoms with Crippen LogP contribution in [0.5, 0.6) is 0 Å². The SMILES string of the molecule is CC(=O)[O-].CCC[N+](CC)(CC)CC. The summed E-state index contributed by atoms with van der Waals surface area (Å²) in [6, 6.07) is 0. The van der Waals surface area contributed by atoms with Gasteiger partial charge in [0.25, 0.3) is 0 Å². The average Bonchev–Trinajstić information content (AvgIpc) is 2.14. The van der Waals surface area contributed by atoms with Crippen LogP contribution in [0.2, 0.25) is 0 Å². The molecule has 0 rings (SSSR count). The van der Waals surface area contributed by atoms with Crippen LogP contribution in [-0.4, -0.2) is 36.6 Å². The van der Waals surface area contributed by atoms with Gasteiger partial charge in [-0.3, -0.25) is 0 Å². The lowest BCUT2D eigenvalue weighted by Crippen LogP contribution is -2.47. The van der Waals surface area contributed by atoms with Gasteiger partial charge in [-0.2, -0.15) is 0 Å². The number of carboxylic acid groups (broad SMARTS) is 1. The zero-order valence-corrected chi connectivity index (χ0v) is 10.3. The summed E-state index contributed by atoms with van der Waals surface area (Å²) in [4.78, 5) is 8.89. The number of quaternary nitrogens is 1. The summed E-state index contributed by atoms with van der Waals surface area (Å²) in [7, 11) is 0. The number of rotatable bonds is 5. The molecule has 0 fully saturated rings. The fourth-order valence-electron chi connectivity index (χ4n) is 1.62. The zero-order valence-electron chi connectivity index (χ0n) is 10.3. The Morgan fingerprint density at radius 3 is 1.43 bits per heavy atom. The first-order valence-corrected chi connectivity index (χ1v) is 5.50. The Kier molecular flexibility index (Phi) is 10.2. The highest BCUT2D eigenvalue weighted by molar-refractivity contribution is 5.60. The van der Waals surface area contributed by atoms with E-state index in [1.165, 1.54) is 37.1 Å². The Bertz CT molecular complexity index is 130. The molecule has 0 aromatic rings. The van der Waals surface area contributed by atoms with Gasteiger partial charge in [0.1, 0.15) is 0 Å². The van der Waals surface area contributed by atoms with Crippen molar-refractivity contribution >= 4 is 5.97 Å². The van der Waals surface area contributed by atoms with Crippen LogP contribution in [0.15, 0.2) is 0 Å². The normalized spacial score (nSPS) is 10.4. The fraction of sp³-hybridized carbons (Fsp3) is 0.909. The van der Waals surface area contributed by atoms with Gasteiger partial charge < -0.3 is 14.4 Å². The molecule has 0 amide bonds. The lowest BCUT2D eigenvalue weighted by molar-refractivity contribution is -0.923. The van der Waals surface area contributed by atoms with E-state index in [1.807, 2.05) is 0 Å². The van der Waals surface area contributed by atoms with Crippen LogP contribution >= 0.6 is 0 Å². The van der Waals surface area contributed by atoms with Gasteiger partial charge >= 0.3 is 0 Å². The molecule has 0 heterocycles. The molecule has 86 valence electrons. The molecule has 0 bridgehead atoms. The molecule has 0 unspecified atom stereocenters. The monoisotopic (exact) mass is 203 g/mol. The molecule has 3 nitrogen and oxygen atoms in total. The predicted molar refractivity (Wildman–Crippen MR) is 57.7 cm³/mol. The van der Waals surface area contributed by atoms with Crippen LogP contribution in [0.25, 0.3) is 0 Å². The number of aliphatic carboxylic acids is 1. The largest absolute Gasteiger partial charge is 0.550 e. The minimum Gasteiger partial charge on any atom is -0.550 e. The molecule has 0 N–H and O–H groups in total. The van der Waals surface area contributed by atoms with Crippen molar-refractivity contribution in [3.05, 3.63) is 0 Å². The summed E-state index contributed by atoms with van der Waals surface area (Å²) in [5.41, 5.74) is 0. The Morgan fingerprint density at radius 2 is 1.36 bits per heavy atom. The quantitative estimate of drug-likeness (QED) is 0.626. The number of nitrogens with zero attached hydrogens (tertiary/aromatic N) is 1. The maximum atomic E-state index is 8.89. The summed E-state index contributed by atoms with van der Waals surface area (Å²) in [5, 5.41) is 8.89. The summed E-state index contributed by atoms with van der Waals surface area (Å²) >= 11 is 0. The van der Waals surface area contributed by atoms with Gasteiger partial charge in [0, 0.05) is 5.97 Å². The fourth-order valence-corrected chi connectivity index (χ4v) is 1.62. The van der Waals surface area contributed by atoms with Crippen molar-refractivity contribution in [2.75, 3.05) is 26.2 Å². The molecule has 0 aromatic carbocycles. The third kappa shape index (κ3) is 8.05. The van der Waals surface area contributed by atoms with E-state index in [-0.39, 0.29) is 0 Å². The van der Waals surface area contributed by atoms with E-state index < -0.39 is 5.97 Å². The van der Waals surface area contributed by atoms with Crippen LogP contribution in [0.1, 0.15) is 41.0 Å². The summed E-state index contributed by atoms with van der Waals surface area (Å²) in [6.45, 7) is 15.4. The molecule has 0 spiro atoms. The second kappa shape index (κ2) is 9.00. The number of hydrogen-bond donors (Lipinski definition) is 0. The lowest BCUT2D eigenvalue weighted by Gasteiger charge is -2.35. The predicted octanol–water partition coefficient (Wildman–Crippen LogP) is 1.03. The first-order chi connectivity index (χ1) is 6.47. The number of carbonyl (C=O) groups excluding carboxylic acids is 1. The average molecular weight is 203 g/mol. The molecular weight excluding hydrogens is 178 g/mol. The molecule has 0 aromatic heterocycles. The molecule has 0 aliphatic heterocycles. The van der Waals surface area contributed by atoms with Gasteiger partial charge in [-0.1, -0.05) is 6.92 Å². The molecule has 0 saturated heterocycles.